The summed E-state index contributed by atoms with van der Waals surface area (Å²) in [6, 6.07) is 5.73. The van der Waals surface area contributed by atoms with Gasteiger partial charge in [0.25, 0.3) is 5.91 Å². The van der Waals surface area contributed by atoms with Crippen LogP contribution in [0.5, 0.6) is 0 Å². The highest BCUT2D eigenvalue weighted by Gasteiger charge is 2.34. The van der Waals surface area contributed by atoms with Gasteiger partial charge in [-0.1, -0.05) is 6.07 Å². The van der Waals surface area contributed by atoms with Crippen molar-refractivity contribution < 1.29 is 9.90 Å². The number of nitrogens with zero attached hydrogens (tertiary/aromatic N) is 4. The SMILES string of the molecule is Cn1cc(C(=O)NC[C@@]2(O)CCCN(c3ccccn3)C2)cn1. The average Bonchev–Trinajstić information content (AvgIpc) is 3.00. The number of aryl methyl sites for hydroxylation is 1. The number of amides is 1. The van der Waals surface area contributed by atoms with Crippen molar-refractivity contribution in [2.75, 3.05) is 24.5 Å². The number of anilines is 1. The quantitative estimate of drug-likeness (QED) is 0.862. The number of rotatable bonds is 4. The van der Waals surface area contributed by atoms with Crippen LogP contribution in [0.4, 0.5) is 5.82 Å². The number of aliphatic hydroxyl groups is 1. The van der Waals surface area contributed by atoms with E-state index in [2.05, 4.69) is 20.3 Å². The number of aromatic nitrogens is 3. The Labute approximate surface area is 134 Å². The summed E-state index contributed by atoms with van der Waals surface area (Å²) >= 11 is 0. The third-order valence-corrected chi connectivity index (χ3v) is 4.07. The Morgan fingerprint density at radius 1 is 1.48 bits per heavy atom. The van der Waals surface area contributed by atoms with Gasteiger partial charge in [-0.05, 0) is 25.0 Å². The summed E-state index contributed by atoms with van der Waals surface area (Å²) in [5, 5.41) is 17.6. The summed E-state index contributed by atoms with van der Waals surface area (Å²) in [6.45, 7) is 1.53. The Morgan fingerprint density at radius 3 is 3.04 bits per heavy atom. The molecule has 0 radical (unpaired) electrons. The molecule has 23 heavy (non-hydrogen) atoms. The highest BCUT2D eigenvalue weighted by Crippen LogP contribution is 2.24. The van der Waals surface area contributed by atoms with E-state index in [4.69, 9.17) is 0 Å². The fourth-order valence-electron chi connectivity index (χ4n) is 2.88. The zero-order valence-electron chi connectivity index (χ0n) is 13.1. The molecule has 0 spiro atoms. The lowest BCUT2D eigenvalue weighted by Gasteiger charge is -2.39. The summed E-state index contributed by atoms with van der Waals surface area (Å²) < 4.78 is 1.58. The molecule has 2 aromatic heterocycles. The molecule has 1 amide bonds. The molecular formula is C16H21N5O2. The minimum atomic E-state index is -0.951. The predicted octanol–water partition coefficient (Wildman–Crippen LogP) is 0.576. The van der Waals surface area contributed by atoms with E-state index >= 15 is 0 Å². The molecule has 0 unspecified atom stereocenters. The third-order valence-electron chi connectivity index (χ3n) is 4.07. The standard InChI is InChI=1S/C16H21N5O2/c1-20-10-13(9-19-20)15(22)18-11-16(23)6-4-8-21(12-16)14-5-2-3-7-17-14/h2-3,5,7,9-10,23H,4,6,8,11-12H2,1H3,(H,18,22)/t16-/m0/s1. The molecule has 7 heteroatoms. The second-order valence-electron chi connectivity index (χ2n) is 6.02. The Morgan fingerprint density at radius 2 is 2.35 bits per heavy atom. The van der Waals surface area contributed by atoms with E-state index < -0.39 is 5.60 Å². The van der Waals surface area contributed by atoms with Crippen LogP contribution < -0.4 is 10.2 Å². The zero-order chi connectivity index (χ0) is 16.3. The predicted molar refractivity (Wildman–Crippen MR) is 86.2 cm³/mol. The lowest BCUT2D eigenvalue weighted by atomic mass is 9.92. The number of carbonyl (C=O) groups excluding carboxylic acids is 1. The monoisotopic (exact) mass is 315 g/mol. The number of pyridine rings is 1. The van der Waals surface area contributed by atoms with Crippen molar-refractivity contribution in [3.63, 3.8) is 0 Å². The molecule has 2 aromatic rings. The van der Waals surface area contributed by atoms with Gasteiger partial charge in [-0.3, -0.25) is 9.48 Å². The van der Waals surface area contributed by atoms with Crippen LogP contribution in [0.2, 0.25) is 0 Å². The second kappa shape index (κ2) is 6.37. The van der Waals surface area contributed by atoms with Crippen molar-refractivity contribution in [3.05, 3.63) is 42.4 Å². The minimum absolute atomic E-state index is 0.212. The molecule has 1 fully saturated rings. The van der Waals surface area contributed by atoms with Crippen LogP contribution in [0.15, 0.2) is 36.8 Å². The van der Waals surface area contributed by atoms with Gasteiger partial charge in [0.15, 0.2) is 0 Å². The molecule has 2 N–H and O–H groups in total. The van der Waals surface area contributed by atoms with E-state index in [1.165, 1.54) is 6.20 Å². The van der Waals surface area contributed by atoms with Gasteiger partial charge in [-0.15, -0.1) is 0 Å². The summed E-state index contributed by atoms with van der Waals surface area (Å²) in [5.41, 5.74) is -0.457. The molecule has 1 aliphatic rings. The molecule has 0 aliphatic carbocycles. The van der Waals surface area contributed by atoms with Gasteiger partial charge < -0.3 is 15.3 Å². The van der Waals surface area contributed by atoms with Gasteiger partial charge >= 0.3 is 0 Å². The Kier molecular flexibility index (Phi) is 4.29. The van der Waals surface area contributed by atoms with E-state index in [1.807, 2.05) is 18.2 Å². The minimum Gasteiger partial charge on any atom is -0.386 e. The van der Waals surface area contributed by atoms with Gasteiger partial charge in [-0.2, -0.15) is 5.10 Å². The number of β-amino-alcohol motifs (C(OH)–C–C–N with tert-alkyl or cyclic N) is 1. The van der Waals surface area contributed by atoms with Gasteiger partial charge in [-0.25, -0.2) is 4.98 Å². The maximum Gasteiger partial charge on any atom is 0.254 e. The van der Waals surface area contributed by atoms with Gasteiger partial charge in [0.05, 0.1) is 17.4 Å². The fourth-order valence-corrected chi connectivity index (χ4v) is 2.88. The van der Waals surface area contributed by atoms with Gasteiger partial charge in [0, 0.05) is 39.1 Å². The van der Waals surface area contributed by atoms with Crippen molar-refractivity contribution in [1.82, 2.24) is 20.1 Å². The first-order valence-corrected chi connectivity index (χ1v) is 7.71. The van der Waals surface area contributed by atoms with E-state index in [0.29, 0.717) is 18.5 Å². The van der Waals surface area contributed by atoms with Crippen molar-refractivity contribution in [2.45, 2.75) is 18.4 Å². The second-order valence-corrected chi connectivity index (χ2v) is 6.02. The number of hydrogen-bond donors (Lipinski definition) is 2. The molecule has 0 saturated carbocycles. The van der Waals surface area contributed by atoms with E-state index in [9.17, 15) is 9.90 Å². The van der Waals surface area contributed by atoms with Crippen LogP contribution in [0.25, 0.3) is 0 Å². The van der Waals surface area contributed by atoms with Crippen molar-refractivity contribution >= 4 is 11.7 Å². The number of carbonyl (C=O) groups is 1. The summed E-state index contributed by atoms with van der Waals surface area (Å²) in [6.07, 6.45) is 6.42. The fraction of sp³-hybridized carbons (Fsp3) is 0.438. The number of nitrogens with one attached hydrogen (secondary N) is 1. The zero-order valence-corrected chi connectivity index (χ0v) is 13.1. The van der Waals surface area contributed by atoms with Crippen molar-refractivity contribution in [2.24, 2.45) is 7.05 Å². The smallest absolute Gasteiger partial charge is 0.254 e. The molecule has 122 valence electrons. The third kappa shape index (κ3) is 3.68. The van der Waals surface area contributed by atoms with Crippen molar-refractivity contribution in [1.29, 1.82) is 0 Å². The van der Waals surface area contributed by atoms with E-state index in [1.54, 1.807) is 24.1 Å². The topological polar surface area (TPSA) is 83.3 Å². The Balaban J connectivity index is 1.61. The lowest BCUT2D eigenvalue weighted by molar-refractivity contribution is 0.0254. The van der Waals surface area contributed by atoms with Crippen LogP contribution in [-0.4, -0.2) is 51.0 Å². The normalized spacial score (nSPS) is 21.2. The lowest BCUT2D eigenvalue weighted by Crippen LogP contribution is -2.54. The largest absolute Gasteiger partial charge is 0.386 e. The molecular weight excluding hydrogens is 294 g/mol. The molecule has 0 aromatic carbocycles. The first kappa shape index (κ1) is 15.5. The van der Waals surface area contributed by atoms with Gasteiger partial charge in [0.2, 0.25) is 0 Å². The summed E-state index contributed by atoms with van der Waals surface area (Å²) in [4.78, 5) is 18.5. The number of hydrogen-bond acceptors (Lipinski definition) is 5. The van der Waals surface area contributed by atoms with Crippen molar-refractivity contribution in [3.8, 4) is 0 Å². The molecule has 7 nitrogen and oxygen atoms in total. The van der Waals surface area contributed by atoms with E-state index in [0.717, 1.165) is 18.8 Å². The molecule has 3 rings (SSSR count). The maximum absolute atomic E-state index is 12.1. The highest BCUT2D eigenvalue weighted by molar-refractivity contribution is 5.93. The molecule has 1 saturated heterocycles. The molecule has 0 bridgehead atoms. The van der Waals surface area contributed by atoms with Crippen LogP contribution >= 0.6 is 0 Å². The summed E-state index contributed by atoms with van der Waals surface area (Å²) in [5.74, 6) is 0.630. The van der Waals surface area contributed by atoms with Crippen LogP contribution in [0, 0.1) is 0 Å². The van der Waals surface area contributed by atoms with Gasteiger partial charge in [0.1, 0.15) is 5.82 Å². The Bertz CT molecular complexity index is 672. The summed E-state index contributed by atoms with van der Waals surface area (Å²) in [7, 11) is 1.76. The average molecular weight is 315 g/mol. The first-order valence-electron chi connectivity index (χ1n) is 7.71. The van der Waals surface area contributed by atoms with Crippen LogP contribution in [0.1, 0.15) is 23.2 Å². The number of piperidine rings is 1. The Hall–Kier alpha value is -2.41. The first-order chi connectivity index (χ1) is 11.1. The molecule has 1 aliphatic heterocycles. The molecule has 3 heterocycles. The van der Waals surface area contributed by atoms with E-state index in [-0.39, 0.29) is 12.5 Å². The molecule has 1 atom stereocenters. The van der Waals surface area contributed by atoms with Crippen LogP contribution in [0.3, 0.4) is 0 Å². The maximum atomic E-state index is 12.1. The highest BCUT2D eigenvalue weighted by atomic mass is 16.3. The van der Waals surface area contributed by atoms with Crippen LogP contribution in [-0.2, 0) is 7.05 Å².